The van der Waals surface area contributed by atoms with E-state index in [1.165, 1.54) is 0 Å². The highest BCUT2D eigenvalue weighted by atomic mass is 16.7. The molecule has 92 valence electrons. The molecule has 0 aliphatic carbocycles. The van der Waals surface area contributed by atoms with Crippen molar-refractivity contribution < 1.29 is 9.57 Å². The van der Waals surface area contributed by atoms with Crippen LogP contribution in [-0.2, 0) is 4.84 Å². The molecule has 1 aromatic carbocycles. The number of ether oxygens (including phenoxy) is 1. The van der Waals surface area contributed by atoms with Crippen LogP contribution in [0, 0.1) is 13.8 Å². The minimum Gasteiger partial charge on any atom is -0.496 e. The summed E-state index contributed by atoms with van der Waals surface area (Å²) in [6.07, 6.45) is 0.623. The second-order valence-corrected chi connectivity index (χ2v) is 4.76. The van der Waals surface area contributed by atoms with Gasteiger partial charge in [0.05, 0.1) is 12.8 Å². The Kier molecular flexibility index (Phi) is 2.83. The Morgan fingerprint density at radius 1 is 1.35 bits per heavy atom. The summed E-state index contributed by atoms with van der Waals surface area (Å²) in [5.41, 5.74) is 9.32. The Hall–Kier alpha value is -1.55. The van der Waals surface area contributed by atoms with Crippen LogP contribution in [0.15, 0.2) is 17.3 Å². The average Bonchev–Trinajstić information content (AvgIpc) is 2.58. The molecule has 4 heteroatoms. The summed E-state index contributed by atoms with van der Waals surface area (Å²) >= 11 is 0. The fourth-order valence-electron chi connectivity index (χ4n) is 2.15. The Morgan fingerprint density at radius 2 is 1.94 bits per heavy atom. The fourth-order valence-corrected chi connectivity index (χ4v) is 2.15. The van der Waals surface area contributed by atoms with E-state index in [2.05, 4.69) is 17.3 Å². The summed E-state index contributed by atoms with van der Waals surface area (Å²) in [6, 6.07) is 4.10. The monoisotopic (exact) mass is 234 g/mol. The molecule has 2 rings (SSSR count). The van der Waals surface area contributed by atoms with Crippen molar-refractivity contribution in [2.75, 3.05) is 7.11 Å². The highest BCUT2D eigenvalue weighted by Gasteiger charge is 2.30. The molecule has 0 radical (unpaired) electrons. The van der Waals surface area contributed by atoms with Crippen molar-refractivity contribution in [1.82, 2.24) is 0 Å². The quantitative estimate of drug-likeness (QED) is 0.852. The molecule has 0 bridgehead atoms. The first-order valence-corrected chi connectivity index (χ1v) is 5.62. The van der Waals surface area contributed by atoms with Crippen molar-refractivity contribution in [3.05, 3.63) is 28.8 Å². The van der Waals surface area contributed by atoms with Gasteiger partial charge in [-0.2, -0.15) is 0 Å². The molecule has 0 aromatic heterocycles. The molecule has 0 unspecified atom stereocenters. The predicted molar refractivity (Wildman–Crippen MR) is 67.3 cm³/mol. The van der Waals surface area contributed by atoms with E-state index in [1.807, 2.05) is 20.8 Å². The van der Waals surface area contributed by atoms with Crippen LogP contribution in [0.3, 0.4) is 0 Å². The largest absolute Gasteiger partial charge is 0.496 e. The van der Waals surface area contributed by atoms with Crippen molar-refractivity contribution in [1.29, 1.82) is 0 Å². The second-order valence-electron chi connectivity index (χ2n) is 4.76. The zero-order chi connectivity index (χ0) is 12.6. The van der Waals surface area contributed by atoms with Crippen molar-refractivity contribution >= 4 is 5.71 Å². The summed E-state index contributed by atoms with van der Waals surface area (Å²) in [5, 5.41) is 4.05. The zero-order valence-electron chi connectivity index (χ0n) is 10.7. The number of nitrogens with two attached hydrogens (primary N) is 1. The van der Waals surface area contributed by atoms with E-state index in [1.54, 1.807) is 7.11 Å². The molecule has 0 saturated carbocycles. The first kappa shape index (κ1) is 11.9. The van der Waals surface area contributed by atoms with E-state index < -0.39 is 5.72 Å². The number of benzene rings is 1. The van der Waals surface area contributed by atoms with Crippen molar-refractivity contribution in [3.63, 3.8) is 0 Å². The molecule has 1 aromatic rings. The van der Waals surface area contributed by atoms with Crippen LogP contribution in [0.25, 0.3) is 0 Å². The number of nitrogens with zero attached hydrogens (tertiary/aromatic N) is 1. The number of aryl methyl sites for hydroxylation is 2. The lowest BCUT2D eigenvalue weighted by Gasteiger charge is -2.14. The van der Waals surface area contributed by atoms with Crippen LogP contribution in [0.2, 0.25) is 0 Å². The highest BCUT2D eigenvalue weighted by Crippen LogP contribution is 2.28. The van der Waals surface area contributed by atoms with Crippen LogP contribution in [0.1, 0.15) is 30.0 Å². The van der Waals surface area contributed by atoms with E-state index in [0.717, 1.165) is 28.2 Å². The van der Waals surface area contributed by atoms with E-state index in [9.17, 15) is 0 Å². The molecule has 1 aliphatic rings. The molecule has 2 N–H and O–H groups in total. The molecule has 0 saturated heterocycles. The van der Waals surface area contributed by atoms with Crippen molar-refractivity contribution in [2.24, 2.45) is 10.9 Å². The van der Waals surface area contributed by atoms with Gasteiger partial charge in [0.15, 0.2) is 5.72 Å². The molecule has 1 aliphatic heterocycles. The van der Waals surface area contributed by atoms with E-state index >= 15 is 0 Å². The van der Waals surface area contributed by atoms with Gasteiger partial charge in [0.2, 0.25) is 0 Å². The molecule has 17 heavy (non-hydrogen) atoms. The van der Waals surface area contributed by atoms with Gasteiger partial charge in [-0.25, -0.2) is 0 Å². The lowest BCUT2D eigenvalue weighted by molar-refractivity contribution is 0.00205. The molecule has 1 atom stereocenters. The minimum atomic E-state index is -0.683. The maximum Gasteiger partial charge on any atom is 0.189 e. The molecular formula is C13H18N2O2. The van der Waals surface area contributed by atoms with Crippen LogP contribution < -0.4 is 10.5 Å². The number of methoxy groups -OCH3 is 1. The maximum atomic E-state index is 5.88. The summed E-state index contributed by atoms with van der Waals surface area (Å²) in [7, 11) is 1.68. The standard InChI is InChI=1S/C13H18N2O2/c1-8-5-10(6-9(2)12(8)16-4)11-7-13(3,14)17-15-11/h5-6H,7,14H2,1-4H3/t13-/m1/s1. The van der Waals surface area contributed by atoms with Gasteiger partial charge in [0, 0.05) is 12.0 Å². The lowest BCUT2D eigenvalue weighted by Crippen LogP contribution is -2.35. The van der Waals surface area contributed by atoms with Crippen LogP contribution >= 0.6 is 0 Å². The molecule has 0 spiro atoms. The first-order valence-electron chi connectivity index (χ1n) is 5.62. The Bertz CT molecular complexity index is 455. The Balaban J connectivity index is 2.36. The normalized spacial score (nSPS) is 23.2. The average molecular weight is 234 g/mol. The van der Waals surface area contributed by atoms with Gasteiger partial charge in [0.1, 0.15) is 5.75 Å². The highest BCUT2D eigenvalue weighted by molar-refractivity contribution is 6.02. The Morgan fingerprint density at radius 3 is 2.35 bits per heavy atom. The van der Waals surface area contributed by atoms with Crippen LogP contribution in [0.4, 0.5) is 0 Å². The summed E-state index contributed by atoms with van der Waals surface area (Å²) in [4.78, 5) is 5.18. The van der Waals surface area contributed by atoms with Crippen LogP contribution in [0.5, 0.6) is 5.75 Å². The SMILES string of the molecule is COc1c(C)cc(C2=NO[C@@](C)(N)C2)cc1C. The third kappa shape index (κ3) is 2.26. The maximum absolute atomic E-state index is 5.88. The molecule has 1 heterocycles. The van der Waals surface area contributed by atoms with E-state index in [4.69, 9.17) is 15.3 Å². The fraction of sp³-hybridized carbons (Fsp3) is 0.462. The summed E-state index contributed by atoms with van der Waals surface area (Å²) in [6.45, 7) is 5.87. The summed E-state index contributed by atoms with van der Waals surface area (Å²) < 4.78 is 5.34. The van der Waals surface area contributed by atoms with Gasteiger partial charge in [-0.1, -0.05) is 5.16 Å². The van der Waals surface area contributed by atoms with Crippen molar-refractivity contribution in [3.8, 4) is 5.75 Å². The second kappa shape index (κ2) is 4.04. The van der Waals surface area contributed by atoms with Crippen molar-refractivity contribution in [2.45, 2.75) is 32.9 Å². The van der Waals surface area contributed by atoms with Gasteiger partial charge >= 0.3 is 0 Å². The number of rotatable bonds is 2. The van der Waals surface area contributed by atoms with E-state index in [0.29, 0.717) is 6.42 Å². The molecule has 0 fully saturated rings. The molecule has 0 amide bonds. The zero-order valence-corrected chi connectivity index (χ0v) is 10.7. The van der Waals surface area contributed by atoms with Gasteiger partial charge < -0.3 is 9.57 Å². The minimum absolute atomic E-state index is 0.623. The Labute approximate surface area is 101 Å². The van der Waals surface area contributed by atoms with E-state index in [-0.39, 0.29) is 0 Å². The topological polar surface area (TPSA) is 56.8 Å². The smallest absolute Gasteiger partial charge is 0.189 e. The number of hydrogen-bond acceptors (Lipinski definition) is 4. The third-order valence-electron chi connectivity index (χ3n) is 2.88. The third-order valence-corrected chi connectivity index (χ3v) is 2.88. The number of hydrogen-bond donors (Lipinski definition) is 1. The van der Waals surface area contributed by atoms with Gasteiger partial charge in [-0.15, -0.1) is 0 Å². The van der Waals surface area contributed by atoms with Crippen LogP contribution in [-0.4, -0.2) is 18.5 Å². The van der Waals surface area contributed by atoms with Gasteiger partial charge in [-0.05, 0) is 44.0 Å². The number of oxime groups is 1. The van der Waals surface area contributed by atoms with Gasteiger partial charge in [-0.3, -0.25) is 5.73 Å². The molecular weight excluding hydrogens is 216 g/mol. The first-order chi connectivity index (χ1) is 7.93. The lowest BCUT2D eigenvalue weighted by atomic mass is 9.98. The predicted octanol–water partition coefficient (Wildman–Crippen LogP) is 2.11. The molecule has 4 nitrogen and oxygen atoms in total. The van der Waals surface area contributed by atoms with Gasteiger partial charge in [0.25, 0.3) is 0 Å². The summed E-state index contributed by atoms with van der Waals surface area (Å²) in [5.74, 6) is 0.920.